The van der Waals surface area contributed by atoms with E-state index in [0.29, 0.717) is 0 Å². The van der Waals surface area contributed by atoms with Crippen LogP contribution in [0.3, 0.4) is 0 Å². The van der Waals surface area contributed by atoms with E-state index in [9.17, 15) is 0 Å². The molecule has 1 heterocycles. The van der Waals surface area contributed by atoms with Crippen LogP contribution in [0.2, 0.25) is 0 Å². The Labute approximate surface area is 127 Å². The molecule has 0 fully saturated rings. The molecule has 21 heavy (non-hydrogen) atoms. The second-order valence-electron chi connectivity index (χ2n) is 6.99. The van der Waals surface area contributed by atoms with E-state index < -0.39 is 0 Å². The topological polar surface area (TPSA) is 13.1 Å². The van der Waals surface area contributed by atoms with Gasteiger partial charge in [-0.25, -0.2) is 0 Å². The van der Waals surface area contributed by atoms with Crippen molar-refractivity contribution >= 4 is 11.6 Å². The predicted molar refractivity (Wildman–Crippen MR) is 89.4 cm³/mol. The summed E-state index contributed by atoms with van der Waals surface area (Å²) in [6.07, 6.45) is 5.46. The highest BCUT2D eigenvalue weighted by molar-refractivity contribution is 5.88. The minimum absolute atomic E-state index is 0.174. The van der Waals surface area contributed by atoms with E-state index in [1.165, 1.54) is 22.3 Å². The number of aryl methyl sites for hydroxylation is 1. The molecule has 1 aliphatic carbocycles. The molecular formula is C20H24O. The van der Waals surface area contributed by atoms with Crippen LogP contribution < -0.4 is 0 Å². The smallest absolute Gasteiger partial charge is 0.130 e. The van der Waals surface area contributed by atoms with Crippen LogP contribution in [0.15, 0.2) is 34.7 Å². The van der Waals surface area contributed by atoms with Gasteiger partial charge in [-0.2, -0.15) is 0 Å². The van der Waals surface area contributed by atoms with Gasteiger partial charge in [-0.1, -0.05) is 45.9 Å². The van der Waals surface area contributed by atoms with Crippen molar-refractivity contribution in [2.75, 3.05) is 0 Å². The largest absolute Gasteiger partial charge is 0.461 e. The summed E-state index contributed by atoms with van der Waals surface area (Å²) in [5.41, 5.74) is 5.73. The second-order valence-corrected chi connectivity index (χ2v) is 6.99. The molecule has 110 valence electrons. The van der Waals surface area contributed by atoms with Gasteiger partial charge in [0.05, 0.1) is 0 Å². The zero-order valence-electron chi connectivity index (χ0n) is 13.5. The molecule has 0 saturated heterocycles. The lowest BCUT2D eigenvalue weighted by molar-refractivity contribution is 0.495. The summed E-state index contributed by atoms with van der Waals surface area (Å²) in [5.74, 6) is 2.13. The van der Waals surface area contributed by atoms with E-state index in [1.54, 1.807) is 0 Å². The van der Waals surface area contributed by atoms with Gasteiger partial charge in [0.2, 0.25) is 0 Å². The molecule has 1 nitrogen and oxygen atoms in total. The fourth-order valence-electron chi connectivity index (χ4n) is 3.11. The number of rotatable bonds is 3. The summed E-state index contributed by atoms with van der Waals surface area (Å²) >= 11 is 0. The first kappa shape index (κ1) is 14.2. The Hall–Kier alpha value is -1.76. The number of benzene rings is 1. The molecule has 0 amide bonds. The highest BCUT2D eigenvalue weighted by atomic mass is 16.3. The summed E-state index contributed by atoms with van der Waals surface area (Å²) in [6, 6.07) is 10.9. The van der Waals surface area contributed by atoms with Crippen LogP contribution in [0.25, 0.3) is 11.6 Å². The van der Waals surface area contributed by atoms with E-state index in [-0.39, 0.29) is 5.41 Å². The van der Waals surface area contributed by atoms with E-state index >= 15 is 0 Å². The summed E-state index contributed by atoms with van der Waals surface area (Å²) in [5, 5.41) is 0. The zero-order chi connectivity index (χ0) is 15.0. The molecule has 1 heteroatoms. The van der Waals surface area contributed by atoms with Crippen LogP contribution in [0.4, 0.5) is 0 Å². The molecular weight excluding hydrogens is 256 g/mol. The standard InChI is InChI=1S/C20H24O/c1-5-7-16-10-11-19(21-16)15-12-14-8-6-9-18(17(14)13-15)20(2,3)4/h6,8-11,13H,5,7,12H2,1-4H3. The first-order valence-electron chi connectivity index (χ1n) is 7.91. The average molecular weight is 280 g/mol. The maximum Gasteiger partial charge on any atom is 0.130 e. The first-order chi connectivity index (χ1) is 9.99. The van der Waals surface area contributed by atoms with Gasteiger partial charge in [0, 0.05) is 12.8 Å². The molecule has 0 unspecified atom stereocenters. The third-order valence-electron chi connectivity index (χ3n) is 4.18. The number of hydrogen-bond donors (Lipinski definition) is 0. The SMILES string of the molecule is CCCc1ccc(C2=Cc3c(cccc3C(C)(C)C)C2)o1. The van der Waals surface area contributed by atoms with Crippen LogP contribution in [-0.4, -0.2) is 0 Å². The van der Waals surface area contributed by atoms with E-state index in [0.717, 1.165) is 30.8 Å². The van der Waals surface area contributed by atoms with Crippen molar-refractivity contribution in [3.63, 3.8) is 0 Å². The van der Waals surface area contributed by atoms with Crippen molar-refractivity contribution in [2.24, 2.45) is 0 Å². The summed E-state index contributed by atoms with van der Waals surface area (Å²) in [4.78, 5) is 0. The summed E-state index contributed by atoms with van der Waals surface area (Å²) in [7, 11) is 0. The molecule has 1 aromatic carbocycles. The van der Waals surface area contributed by atoms with Crippen molar-refractivity contribution in [3.05, 3.63) is 58.5 Å². The molecule has 0 radical (unpaired) electrons. The monoisotopic (exact) mass is 280 g/mol. The van der Waals surface area contributed by atoms with Crippen molar-refractivity contribution < 1.29 is 4.42 Å². The summed E-state index contributed by atoms with van der Waals surface area (Å²) < 4.78 is 6.00. The molecule has 0 aliphatic heterocycles. The number of hydrogen-bond acceptors (Lipinski definition) is 1. The molecule has 1 aliphatic rings. The Morgan fingerprint density at radius 1 is 1.10 bits per heavy atom. The van der Waals surface area contributed by atoms with E-state index in [2.05, 4.69) is 64.1 Å². The van der Waals surface area contributed by atoms with Crippen molar-refractivity contribution in [2.45, 2.75) is 52.4 Å². The van der Waals surface area contributed by atoms with Gasteiger partial charge in [0.25, 0.3) is 0 Å². The number of fused-ring (bicyclic) bond motifs is 1. The second kappa shape index (κ2) is 5.22. The highest BCUT2D eigenvalue weighted by Gasteiger charge is 2.24. The summed E-state index contributed by atoms with van der Waals surface area (Å²) in [6.45, 7) is 9.02. The quantitative estimate of drug-likeness (QED) is 0.710. The number of allylic oxidation sites excluding steroid dienone is 1. The minimum Gasteiger partial charge on any atom is -0.461 e. The van der Waals surface area contributed by atoms with Crippen LogP contribution >= 0.6 is 0 Å². The maximum atomic E-state index is 6.00. The molecule has 0 N–H and O–H groups in total. The van der Waals surface area contributed by atoms with Crippen molar-refractivity contribution in [3.8, 4) is 0 Å². The Balaban J connectivity index is 1.97. The minimum atomic E-state index is 0.174. The van der Waals surface area contributed by atoms with Gasteiger partial charge in [0.15, 0.2) is 0 Å². The van der Waals surface area contributed by atoms with Gasteiger partial charge < -0.3 is 4.42 Å². The van der Waals surface area contributed by atoms with Crippen LogP contribution in [-0.2, 0) is 18.3 Å². The Kier molecular flexibility index (Phi) is 3.52. The molecule has 1 aromatic heterocycles. The van der Waals surface area contributed by atoms with Gasteiger partial charge in [-0.3, -0.25) is 0 Å². The fourth-order valence-corrected chi connectivity index (χ4v) is 3.11. The molecule has 0 spiro atoms. The van der Waals surface area contributed by atoms with Gasteiger partial charge >= 0.3 is 0 Å². The molecule has 2 aromatic rings. The number of furan rings is 1. The lowest BCUT2D eigenvalue weighted by Crippen LogP contribution is -2.13. The van der Waals surface area contributed by atoms with Crippen molar-refractivity contribution in [1.82, 2.24) is 0 Å². The third-order valence-corrected chi connectivity index (χ3v) is 4.18. The Morgan fingerprint density at radius 2 is 1.90 bits per heavy atom. The highest BCUT2D eigenvalue weighted by Crippen LogP contribution is 2.38. The Morgan fingerprint density at radius 3 is 2.62 bits per heavy atom. The van der Waals surface area contributed by atoms with Gasteiger partial charge in [-0.05, 0) is 52.3 Å². The molecule has 0 saturated carbocycles. The molecule has 0 bridgehead atoms. The van der Waals surface area contributed by atoms with Crippen LogP contribution in [0.5, 0.6) is 0 Å². The molecule has 0 atom stereocenters. The normalized spacial score (nSPS) is 14.2. The Bertz CT molecular complexity index is 680. The van der Waals surface area contributed by atoms with Crippen LogP contribution in [0.1, 0.15) is 62.3 Å². The third kappa shape index (κ3) is 2.70. The lowest BCUT2D eigenvalue weighted by atomic mass is 9.83. The molecule has 3 rings (SSSR count). The fraction of sp³-hybridized carbons (Fsp3) is 0.400. The van der Waals surface area contributed by atoms with E-state index in [1.807, 2.05) is 0 Å². The van der Waals surface area contributed by atoms with Crippen LogP contribution in [0, 0.1) is 0 Å². The first-order valence-corrected chi connectivity index (χ1v) is 7.91. The van der Waals surface area contributed by atoms with Gasteiger partial charge in [-0.15, -0.1) is 0 Å². The van der Waals surface area contributed by atoms with E-state index in [4.69, 9.17) is 4.42 Å². The predicted octanol–water partition coefficient (Wildman–Crippen LogP) is 5.63. The maximum absolute atomic E-state index is 6.00. The van der Waals surface area contributed by atoms with Crippen molar-refractivity contribution in [1.29, 1.82) is 0 Å². The zero-order valence-corrected chi connectivity index (χ0v) is 13.5. The average Bonchev–Trinajstić information content (AvgIpc) is 3.02. The lowest BCUT2D eigenvalue weighted by Gasteiger charge is -2.22. The van der Waals surface area contributed by atoms with Gasteiger partial charge in [0.1, 0.15) is 11.5 Å².